The number of hydrogen-bond donors (Lipinski definition) is 1. The Bertz CT molecular complexity index is 287. The summed E-state index contributed by atoms with van der Waals surface area (Å²) in [6.45, 7) is 4.29. The highest BCUT2D eigenvalue weighted by atomic mass is 14.5. The fraction of sp³-hybridized carbons (Fsp3) is 0.273. The predicted octanol–water partition coefficient (Wildman–Crippen LogP) is 2.49. The molecule has 1 rings (SSSR count). The summed E-state index contributed by atoms with van der Waals surface area (Å²) in [6, 6.07) is 6.28. The molecule has 0 aliphatic carbocycles. The molecule has 1 heteroatoms. The summed E-state index contributed by atoms with van der Waals surface area (Å²) >= 11 is 0. The lowest BCUT2D eigenvalue weighted by Crippen LogP contribution is -1.91. The van der Waals surface area contributed by atoms with Crippen LogP contribution in [-0.2, 0) is 6.42 Å². The molecular weight excluding hydrogens is 146 g/mol. The van der Waals surface area contributed by atoms with Crippen molar-refractivity contribution < 1.29 is 0 Å². The molecule has 2 N–H and O–H groups in total. The first-order chi connectivity index (χ1) is 5.79. The third-order valence-corrected chi connectivity index (χ3v) is 2.08. The normalized spacial score (nSPS) is 10.8. The lowest BCUT2D eigenvalue weighted by Gasteiger charge is -2.06. The van der Waals surface area contributed by atoms with Gasteiger partial charge in [-0.3, -0.25) is 0 Å². The first kappa shape index (κ1) is 8.85. The van der Waals surface area contributed by atoms with Crippen LogP contribution in [0.5, 0.6) is 0 Å². The van der Waals surface area contributed by atoms with Crippen molar-refractivity contribution in [3.05, 3.63) is 41.1 Å². The lowest BCUT2D eigenvalue weighted by atomic mass is 10.00. The van der Waals surface area contributed by atoms with Gasteiger partial charge in [0.15, 0.2) is 0 Å². The highest BCUT2D eigenvalue weighted by molar-refractivity contribution is 5.55. The Morgan fingerprint density at radius 3 is 2.75 bits per heavy atom. The van der Waals surface area contributed by atoms with Crippen LogP contribution in [0.25, 0.3) is 6.08 Å². The van der Waals surface area contributed by atoms with Gasteiger partial charge in [-0.25, -0.2) is 0 Å². The maximum Gasteiger partial charge on any atom is -0.00563 e. The van der Waals surface area contributed by atoms with Crippen LogP contribution in [-0.4, -0.2) is 0 Å². The molecule has 64 valence electrons. The van der Waals surface area contributed by atoms with Crippen LogP contribution in [0.15, 0.2) is 24.4 Å². The van der Waals surface area contributed by atoms with E-state index in [1.165, 1.54) is 16.7 Å². The minimum atomic E-state index is 1.06. The van der Waals surface area contributed by atoms with Crippen molar-refractivity contribution in [3.8, 4) is 0 Å². The summed E-state index contributed by atoms with van der Waals surface area (Å²) in [4.78, 5) is 0. The summed E-state index contributed by atoms with van der Waals surface area (Å²) in [5.41, 5.74) is 9.32. The monoisotopic (exact) mass is 161 g/mol. The molecule has 0 aromatic heterocycles. The van der Waals surface area contributed by atoms with E-state index >= 15 is 0 Å². The number of benzene rings is 1. The van der Waals surface area contributed by atoms with Crippen molar-refractivity contribution in [1.82, 2.24) is 0 Å². The highest BCUT2D eigenvalue weighted by Crippen LogP contribution is 2.15. The smallest absolute Gasteiger partial charge is 0.00563 e. The van der Waals surface area contributed by atoms with Crippen molar-refractivity contribution in [2.24, 2.45) is 5.73 Å². The Kier molecular flexibility index (Phi) is 2.92. The van der Waals surface area contributed by atoms with Gasteiger partial charge in [-0.1, -0.05) is 25.1 Å². The minimum absolute atomic E-state index is 1.06. The first-order valence-corrected chi connectivity index (χ1v) is 4.26. The molecule has 0 fully saturated rings. The summed E-state index contributed by atoms with van der Waals surface area (Å²) in [5, 5.41) is 0. The lowest BCUT2D eigenvalue weighted by molar-refractivity contribution is 1.10. The first-order valence-electron chi connectivity index (χ1n) is 4.26. The Balaban J connectivity index is 3.18. The van der Waals surface area contributed by atoms with Gasteiger partial charge >= 0.3 is 0 Å². The maximum atomic E-state index is 5.35. The molecule has 1 aromatic rings. The topological polar surface area (TPSA) is 26.0 Å². The zero-order chi connectivity index (χ0) is 8.97. The highest BCUT2D eigenvalue weighted by Gasteiger charge is 1.98. The number of aryl methyl sites for hydroxylation is 1. The molecule has 0 spiro atoms. The van der Waals surface area contributed by atoms with Crippen LogP contribution in [0.3, 0.4) is 0 Å². The molecule has 0 atom stereocenters. The van der Waals surface area contributed by atoms with E-state index in [0.29, 0.717) is 0 Å². The molecular formula is C11H15N. The molecule has 0 aliphatic heterocycles. The van der Waals surface area contributed by atoms with Crippen molar-refractivity contribution in [1.29, 1.82) is 0 Å². The summed E-state index contributed by atoms with van der Waals surface area (Å²) < 4.78 is 0. The van der Waals surface area contributed by atoms with E-state index in [0.717, 1.165) is 6.42 Å². The fourth-order valence-corrected chi connectivity index (χ4v) is 1.47. The molecule has 0 radical (unpaired) electrons. The Labute approximate surface area is 73.9 Å². The fourth-order valence-electron chi connectivity index (χ4n) is 1.47. The largest absolute Gasteiger partial charge is 0.405 e. The number of rotatable bonds is 2. The van der Waals surface area contributed by atoms with Crippen LogP contribution in [0.2, 0.25) is 0 Å². The molecule has 0 saturated heterocycles. The third-order valence-electron chi connectivity index (χ3n) is 2.08. The summed E-state index contributed by atoms with van der Waals surface area (Å²) in [5.74, 6) is 0. The summed E-state index contributed by atoms with van der Waals surface area (Å²) in [6.07, 6.45) is 4.60. The Morgan fingerprint density at radius 1 is 1.42 bits per heavy atom. The molecule has 1 aromatic carbocycles. The van der Waals surface area contributed by atoms with Gasteiger partial charge in [0.2, 0.25) is 0 Å². The van der Waals surface area contributed by atoms with Gasteiger partial charge in [0.25, 0.3) is 0 Å². The molecule has 0 saturated carbocycles. The van der Waals surface area contributed by atoms with Gasteiger partial charge in [0.1, 0.15) is 0 Å². The van der Waals surface area contributed by atoms with E-state index in [1.54, 1.807) is 6.20 Å². The molecule has 0 bridgehead atoms. The minimum Gasteiger partial charge on any atom is -0.405 e. The van der Waals surface area contributed by atoms with E-state index in [9.17, 15) is 0 Å². The number of nitrogens with two attached hydrogens (primary N) is 1. The van der Waals surface area contributed by atoms with Crippen LogP contribution in [0.1, 0.15) is 23.6 Å². The zero-order valence-corrected chi connectivity index (χ0v) is 7.67. The van der Waals surface area contributed by atoms with Crippen molar-refractivity contribution >= 4 is 6.08 Å². The number of hydrogen-bond acceptors (Lipinski definition) is 1. The molecule has 0 aliphatic rings. The van der Waals surface area contributed by atoms with Crippen LogP contribution < -0.4 is 5.73 Å². The Hall–Kier alpha value is -1.24. The molecule has 0 heterocycles. The van der Waals surface area contributed by atoms with Crippen LogP contribution in [0.4, 0.5) is 0 Å². The second kappa shape index (κ2) is 3.96. The van der Waals surface area contributed by atoms with Crippen molar-refractivity contribution in [2.75, 3.05) is 0 Å². The maximum absolute atomic E-state index is 5.35. The molecule has 1 nitrogen and oxygen atoms in total. The zero-order valence-electron chi connectivity index (χ0n) is 7.67. The predicted molar refractivity (Wildman–Crippen MR) is 53.8 cm³/mol. The SMILES string of the molecule is CCc1c(C)cccc1/C=C\N. The van der Waals surface area contributed by atoms with Crippen LogP contribution in [0, 0.1) is 6.92 Å². The van der Waals surface area contributed by atoms with E-state index in [2.05, 4.69) is 32.0 Å². The van der Waals surface area contributed by atoms with E-state index < -0.39 is 0 Å². The standard InChI is InChI=1S/C11H15N/c1-3-11-9(2)5-4-6-10(11)7-8-12/h4-8H,3,12H2,1-2H3/b8-7-. The van der Waals surface area contributed by atoms with E-state index in [1.807, 2.05) is 6.08 Å². The van der Waals surface area contributed by atoms with Gasteiger partial charge in [-0.15, -0.1) is 0 Å². The summed E-state index contributed by atoms with van der Waals surface area (Å²) in [7, 11) is 0. The molecule has 0 unspecified atom stereocenters. The van der Waals surface area contributed by atoms with E-state index in [4.69, 9.17) is 5.73 Å². The van der Waals surface area contributed by atoms with Crippen molar-refractivity contribution in [3.63, 3.8) is 0 Å². The second-order valence-corrected chi connectivity index (χ2v) is 2.86. The van der Waals surface area contributed by atoms with Crippen molar-refractivity contribution in [2.45, 2.75) is 20.3 Å². The second-order valence-electron chi connectivity index (χ2n) is 2.86. The van der Waals surface area contributed by atoms with Gasteiger partial charge in [-0.05, 0) is 42.3 Å². The van der Waals surface area contributed by atoms with E-state index in [-0.39, 0.29) is 0 Å². The third kappa shape index (κ3) is 1.67. The molecule has 12 heavy (non-hydrogen) atoms. The van der Waals surface area contributed by atoms with Gasteiger partial charge in [0, 0.05) is 0 Å². The van der Waals surface area contributed by atoms with Gasteiger partial charge in [-0.2, -0.15) is 0 Å². The van der Waals surface area contributed by atoms with Gasteiger partial charge < -0.3 is 5.73 Å². The average Bonchev–Trinajstić information content (AvgIpc) is 2.05. The van der Waals surface area contributed by atoms with Crippen LogP contribution >= 0.6 is 0 Å². The van der Waals surface area contributed by atoms with Gasteiger partial charge in [0.05, 0.1) is 0 Å². The average molecular weight is 161 g/mol. The Morgan fingerprint density at radius 2 is 2.17 bits per heavy atom. The molecule has 0 amide bonds. The quantitative estimate of drug-likeness (QED) is 0.708.